The van der Waals surface area contributed by atoms with Gasteiger partial charge in [-0.15, -0.1) is 12.4 Å². The zero-order valence-electron chi connectivity index (χ0n) is 11.2. The molecule has 0 bridgehead atoms. The van der Waals surface area contributed by atoms with Gasteiger partial charge in [-0.2, -0.15) is 0 Å². The minimum Gasteiger partial charge on any atom is -0.351 e. The molecular weight excluding hydrogens is 284 g/mol. The predicted molar refractivity (Wildman–Crippen MR) is 77.0 cm³/mol. The normalized spacial score (nSPS) is 22.2. The molecule has 0 aromatic carbocycles. The number of rotatable bonds is 3. The number of carbonyl (C=O) groups excluding carboxylic acids is 1. The SMILES string of the molecule is CC1CCN(C(=O)c2cc([N+](=O)[O-])c[nH]2)C(CN)C1.Cl. The maximum absolute atomic E-state index is 12.3. The summed E-state index contributed by atoms with van der Waals surface area (Å²) < 4.78 is 0. The summed E-state index contributed by atoms with van der Waals surface area (Å²) in [5, 5.41) is 10.6. The van der Waals surface area contributed by atoms with Gasteiger partial charge in [-0.3, -0.25) is 14.9 Å². The Balaban J connectivity index is 0.00000200. The van der Waals surface area contributed by atoms with E-state index in [1.165, 1.54) is 12.3 Å². The Morgan fingerprint density at radius 1 is 1.65 bits per heavy atom. The molecule has 112 valence electrons. The minimum absolute atomic E-state index is 0. The highest BCUT2D eigenvalue weighted by Crippen LogP contribution is 2.24. The number of aromatic amines is 1. The Bertz CT molecular complexity index is 491. The van der Waals surface area contributed by atoms with E-state index in [0.29, 0.717) is 19.0 Å². The molecule has 1 fully saturated rings. The number of nitro groups is 1. The van der Waals surface area contributed by atoms with E-state index in [1.54, 1.807) is 4.90 Å². The Kier molecular flexibility index (Phi) is 5.52. The van der Waals surface area contributed by atoms with Crippen molar-refractivity contribution in [2.75, 3.05) is 13.1 Å². The highest BCUT2D eigenvalue weighted by atomic mass is 35.5. The molecule has 2 atom stereocenters. The van der Waals surface area contributed by atoms with E-state index in [9.17, 15) is 14.9 Å². The van der Waals surface area contributed by atoms with E-state index in [0.717, 1.165) is 12.8 Å². The van der Waals surface area contributed by atoms with Gasteiger partial charge in [0.15, 0.2) is 0 Å². The molecule has 1 saturated heterocycles. The maximum Gasteiger partial charge on any atom is 0.287 e. The Labute approximate surface area is 123 Å². The lowest BCUT2D eigenvalue weighted by atomic mass is 9.92. The number of hydrogen-bond donors (Lipinski definition) is 2. The lowest BCUT2D eigenvalue weighted by Crippen LogP contribution is -2.49. The van der Waals surface area contributed by atoms with Crippen LogP contribution < -0.4 is 5.73 Å². The van der Waals surface area contributed by atoms with Crippen LogP contribution in [0.25, 0.3) is 0 Å². The second-order valence-corrected chi connectivity index (χ2v) is 5.05. The molecule has 3 N–H and O–H groups in total. The third kappa shape index (κ3) is 3.29. The average Bonchev–Trinajstić information content (AvgIpc) is 2.87. The molecule has 2 rings (SSSR count). The summed E-state index contributed by atoms with van der Waals surface area (Å²) in [6.07, 6.45) is 3.05. The molecule has 20 heavy (non-hydrogen) atoms. The third-order valence-corrected chi connectivity index (χ3v) is 3.62. The predicted octanol–water partition coefficient (Wildman–Crippen LogP) is 1.54. The second kappa shape index (κ2) is 6.71. The van der Waals surface area contributed by atoms with Crippen molar-refractivity contribution in [1.29, 1.82) is 0 Å². The molecule has 1 aromatic rings. The van der Waals surface area contributed by atoms with Crippen LogP contribution in [0.4, 0.5) is 5.69 Å². The van der Waals surface area contributed by atoms with E-state index in [4.69, 9.17) is 5.73 Å². The summed E-state index contributed by atoms with van der Waals surface area (Å²) >= 11 is 0. The number of piperidine rings is 1. The number of nitrogens with one attached hydrogen (secondary N) is 1. The standard InChI is InChI=1S/C12H18N4O3.ClH/c1-8-2-3-15(9(4-8)6-13)12(17)11-5-10(7-14-11)16(18)19;/h5,7-9,14H,2-4,6,13H2,1H3;1H. The third-order valence-electron chi connectivity index (χ3n) is 3.62. The summed E-state index contributed by atoms with van der Waals surface area (Å²) in [6, 6.07) is 1.28. The van der Waals surface area contributed by atoms with Gasteiger partial charge in [0.05, 0.1) is 11.1 Å². The monoisotopic (exact) mass is 302 g/mol. The Morgan fingerprint density at radius 3 is 2.90 bits per heavy atom. The lowest BCUT2D eigenvalue weighted by Gasteiger charge is -2.37. The van der Waals surface area contributed by atoms with Crippen molar-refractivity contribution < 1.29 is 9.72 Å². The van der Waals surface area contributed by atoms with Crippen molar-refractivity contribution in [3.05, 3.63) is 28.1 Å². The Morgan fingerprint density at radius 2 is 2.35 bits per heavy atom. The molecule has 1 aromatic heterocycles. The van der Waals surface area contributed by atoms with Gasteiger partial charge in [-0.05, 0) is 18.8 Å². The molecule has 2 heterocycles. The minimum atomic E-state index is -0.522. The molecule has 0 radical (unpaired) electrons. The smallest absolute Gasteiger partial charge is 0.287 e. The first-order chi connectivity index (χ1) is 9.02. The number of hydrogen-bond acceptors (Lipinski definition) is 4. The fourth-order valence-electron chi connectivity index (χ4n) is 2.51. The van der Waals surface area contributed by atoms with Gasteiger partial charge < -0.3 is 15.6 Å². The van der Waals surface area contributed by atoms with Crippen LogP contribution in [0.5, 0.6) is 0 Å². The summed E-state index contributed by atoms with van der Waals surface area (Å²) in [7, 11) is 0. The fourth-order valence-corrected chi connectivity index (χ4v) is 2.51. The van der Waals surface area contributed by atoms with Gasteiger partial charge in [-0.1, -0.05) is 6.92 Å². The Hall–Kier alpha value is -1.60. The fraction of sp³-hybridized carbons (Fsp3) is 0.583. The van der Waals surface area contributed by atoms with E-state index in [2.05, 4.69) is 11.9 Å². The topological polar surface area (TPSA) is 105 Å². The molecule has 2 unspecified atom stereocenters. The first-order valence-corrected chi connectivity index (χ1v) is 6.36. The van der Waals surface area contributed by atoms with Crippen LogP contribution in [-0.4, -0.2) is 39.8 Å². The van der Waals surface area contributed by atoms with E-state index < -0.39 is 4.92 Å². The quantitative estimate of drug-likeness (QED) is 0.652. The van der Waals surface area contributed by atoms with Crippen molar-refractivity contribution in [2.45, 2.75) is 25.8 Å². The zero-order chi connectivity index (χ0) is 14.0. The summed E-state index contributed by atoms with van der Waals surface area (Å²) in [5.74, 6) is 0.339. The van der Waals surface area contributed by atoms with Crippen LogP contribution in [0.1, 0.15) is 30.3 Å². The number of H-pyrrole nitrogens is 1. The molecule has 0 aliphatic carbocycles. The molecule has 0 spiro atoms. The van der Waals surface area contributed by atoms with Crippen LogP contribution >= 0.6 is 12.4 Å². The van der Waals surface area contributed by atoms with Gasteiger partial charge in [-0.25, -0.2) is 0 Å². The maximum atomic E-state index is 12.3. The molecule has 1 aliphatic rings. The highest BCUT2D eigenvalue weighted by Gasteiger charge is 2.30. The first-order valence-electron chi connectivity index (χ1n) is 6.36. The van der Waals surface area contributed by atoms with E-state index >= 15 is 0 Å². The largest absolute Gasteiger partial charge is 0.351 e. The second-order valence-electron chi connectivity index (χ2n) is 5.05. The summed E-state index contributed by atoms with van der Waals surface area (Å²) in [4.78, 5) is 26.8. The first kappa shape index (κ1) is 16.5. The average molecular weight is 303 g/mol. The van der Waals surface area contributed by atoms with E-state index in [-0.39, 0.29) is 35.7 Å². The van der Waals surface area contributed by atoms with Gasteiger partial charge in [0.25, 0.3) is 11.6 Å². The number of halogens is 1. The molecule has 0 saturated carbocycles. The van der Waals surface area contributed by atoms with Crippen LogP contribution in [0, 0.1) is 16.0 Å². The summed E-state index contributed by atoms with van der Waals surface area (Å²) in [6.45, 7) is 3.21. The van der Waals surface area contributed by atoms with Crippen molar-refractivity contribution in [1.82, 2.24) is 9.88 Å². The number of aromatic nitrogens is 1. The molecule has 1 amide bonds. The van der Waals surface area contributed by atoms with Crippen molar-refractivity contribution in [2.24, 2.45) is 11.7 Å². The molecular formula is C12H19ClN4O3. The van der Waals surface area contributed by atoms with Crippen LogP contribution in [0.15, 0.2) is 12.3 Å². The van der Waals surface area contributed by atoms with E-state index in [1.807, 2.05) is 0 Å². The molecule has 7 nitrogen and oxygen atoms in total. The van der Waals surface area contributed by atoms with Crippen molar-refractivity contribution >= 4 is 24.0 Å². The number of nitrogens with two attached hydrogens (primary N) is 1. The summed E-state index contributed by atoms with van der Waals surface area (Å²) in [5.41, 5.74) is 5.86. The van der Waals surface area contributed by atoms with Crippen LogP contribution in [0.2, 0.25) is 0 Å². The molecule has 1 aliphatic heterocycles. The zero-order valence-corrected chi connectivity index (χ0v) is 12.1. The number of likely N-dealkylation sites (tertiary alicyclic amines) is 1. The molecule has 8 heteroatoms. The van der Waals surface area contributed by atoms with Crippen molar-refractivity contribution in [3.63, 3.8) is 0 Å². The number of carbonyl (C=O) groups is 1. The van der Waals surface area contributed by atoms with Crippen LogP contribution in [-0.2, 0) is 0 Å². The van der Waals surface area contributed by atoms with Crippen molar-refractivity contribution in [3.8, 4) is 0 Å². The van der Waals surface area contributed by atoms with Gasteiger partial charge in [0.1, 0.15) is 5.69 Å². The highest BCUT2D eigenvalue weighted by molar-refractivity contribution is 5.93. The number of amides is 1. The van der Waals surface area contributed by atoms with Gasteiger partial charge in [0, 0.05) is 25.2 Å². The lowest BCUT2D eigenvalue weighted by molar-refractivity contribution is -0.384. The van der Waals surface area contributed by atoms with Gasteiger partial charge >= 0.3 is 0 Å². The van der Waals surface area contributed by atoms with Gasteiger partial charge in [0.2, 0.25) is 0 Å². The van der Waals surface area contributed by atoms with Crippen LogP contribution in [0.3, 0.4) is 0 Å². The number of nitrogens with zero attached hydrogens (tertiary/aromatic N) is 2.